The van der Waals surface area contributed by atoms with Gasteiger partial charge in [-0.1, -0.05) is 71.6 Å². The zero-order chi connectivity index (χ0) is 22.8. The molecule has 2 unspecified atom stereocenters. The van der Waals surface area contributed by atoms with E-state index in [4.69, 9.17) is 4.74 Å². The van der Waals surface area contributed by atoms with E-state index in [2.05, 4.69) is 13.8 Å². The van der Waals surface area contributed by atoms with Gasteiger partial charge >= 0.3 is 0 Å². The maximum Gasteiger partial charge on any atom is 0.129 e. The van der Waals surface area contributed by atoms with Gasteiger partial charge in [0.25, 0.3) is 0 Å². The second-order valence-electron chi connectivity index (χ2n) is 11.6. The van der Waals surface area contributed by atoms with Crippen molar-refractivity contribution in [3.8, 4) is 0 Å². The third-order valence-electron chi connectivity index (χ3n) is 9.33. The van der Waals surface area contributed by atoms with Crippen molar-refractivity contribution in [1.29, 1.82) is 0 Å². The lowest BCUT2D eigenvalue weighted by Crippen LogP contribution is -2.44. The van der Waals surface area contributed by atoms with E-state index in [1.54, 1.807) is 0 Å². The number of hydrogen-bond acceptors (Lipinski definition) is 1. The molecular weight excluding hydrogens is 402 g/mol. The summed E-state index contributed by atoms with van der Waals surface area (Å²) in [5.74, 6) is 3.57. The van der Waals surface area contributed by atoms with Crippen LogP contribution in [-0.2, 0) is 4.74 Å². The summed E-state index contributed by atoms with van der Waals surface area (Å²) in [7, 11) is 0. The monoisotopic (exact) mass is 454 g/mol. The average molecular weight is 455 g/mol. The number of hydrogen-bond donors (Lipinski definition) is 0. The van der Waals surface area contributed by atoms with Gasteiger partial charge in [0.2, 0.25) is 0 Å². The standard InChI is InChI=1S/C29H52F2O/c1-3-5-7-9-19-32-29-27(30)20-26(21-28(29)31)25-17-15-24(16-18-25)23-13-11-22(12-14-23)10-8-6-4-2/h22-29H,3-21H2,1-2H3. The Balaban J connectivity index is 1.34. The van der Waals surface area contributed by atoms with Gasteiger partial charge in [0.15, 0.2) is 0 Å². The quantitative estimate of drug-likeness (QED) is 0.267. The molecule has 0 bridgehead atoms. The van der Waals surface area contributed by atoms with Crippen LogP contribution in [0.1, 0.15) is 129 Å². The summed E-state index contributed by atoms with van der Waals surface area (Å²) in [5, 5.41) is 0. The Morgan fingerprint density at radius 2 is 1.09 bits per heavy atom. The molecule has 0 aromatic rings. The minimum atomic E-state index is -1.12. The van der Waals surface area contributed by atoms with Gasteiger partial charge in [-0.15, -0.1) is 0 Å². The lowest BCUT2D eigenvalue weighted by molar-refractivity contribution is -0.0914. The molecule has 0 amide bonds. The predicted molar refractivity (Wildman–Crippen MR) is 131 cm³/mol. The minimum Gasteiger partial charge on any atom is -0.372 e. The SMILES string of the molecule is CCCCCCOC1C(F)CC(C2CCC(C3CCC(CCCCC)CC3)CC2)CC1F. The topological polar surface area (TPSA) is 9.23 Å². The van der Waals surface area contributed by atoms with Crippen molar-refractivity contribution in [3.05, 3.63) is 0 Å². The fraction of sp³-hybridized carbons (Fsp3) is 1.00. The molecule has 0 radical (unpaired) electrons. The van der Waals surface area contributed by atoms with Crippen molar-refractivity contribution in [2.45, 2.75) is 148 Å². The molecule has 3 fully saturated rings. The van der Waals surface area contributed by atoms with Crippen LogP contribution in [0, 0.1) is 29.6 Å². The van der Waals surface area contributed by atoms with Gasteiger partial charge in [0.1, 0.15) is 18.4 Å². The van der Waals surface area contributed by atoms with Crippen LogP contribution in [0.3, 0.4) is 0 Å². The van der Waals surface area contributed by atoms with Gasteiger partial charge in [-0.2, -0.15) is 0 Å². The third kappa shape index (κ3) is 7.95. The molecule has 2 atom stereocenters. The van der Waals surface area contributed by atoms with Crippen LogP contribution >= 0.6 is 0 Å². The lowest BCUT2D eigenvalue weighted by Gasteiger charge is -2.42. The zero-order valence-electron chi connectivity index (χ0n) is 21.2. The van der Waals surface area contributed by atoms with Crippen molar-refractivity contribution < 1.29 is 13.5 Å². The molecule has 0 aromatic heterocycles. The molecule has 0 spiro atoms. The lowest BCUT2D eigenvalue weighted by atomic mass is 9.65. The fourth-order valence-corrected chi connectivity index (χ4v) is 7.23. The molecule has 3 heteroatoms. The average Bonchev–Trinajstić information content (AvgIpc) is 2.81. The maximum atomic E-state index is 14.8. The van der Waals surface area contributed by atoms with E-state index in [9.17, 15) is 8.78 Å². The van der Waals surface area contributed by atoms with Crippen LogP contribution in [0.4, 0.5) is 8.78 Å². The molecule has 0 heterocycles. The van der Waals surface area contributed by atoms with Crippen LogP contribution in [0.25, 0.3) is 0 Å². The van der Waals surface area contributed by atoms with Gasteiger partial charge in [-0.05, 0) is 87.4 Å². The van der Waals surface area contributed by atoms with Crippen molar-refractivity contribution in [1.82, 2.24) is 0 Å². The minimum absolute atomic E-state index is 0.232. The summed E-state index contributed by atoms with van der Waals surface area (Å²) >= 11 is 0. The van der Waals surface area contributed by atoms with Crippen LogP contribution in [0.5, 0.6) is 0 Å². The van der Waals surface area contributed by atoms with E-state index < -0.39 is 18.4 Å². The molecule has 3 aliphatic carbocycles. The maximum absolute atomic E-state index is 14.8. The van der Waals surface area contributed by atoms with Gasteiger partial charge < -0.3 is 4.74 Å². The van der Waals surface area contributed by atoms with E-state index in [-0.39, 0.29) is 5.92 Å². The van der Waals surface area contributed by atoms with Gasteiger partial charge in [-0.25, -0.2) is 8.78 Å². The Hall–Kier alpha value is -0.180. The zero-order valence-corrected chi connectivity index (χ0v) is 21.2. The van der Waals surface area contributed by atoms with E-state index in [1.165, 1.54) is 89.9 Å². The Kier molecular flexibility index (Phi) is 11.8. The first-order valence-electron chi connectivity index (χ1n) is 14.5. The summed E-state index contributed by atoms with van der Waals surface area (Å²) < 4.78 is 35.3. The van der Waals surface area contributed by atoms with Crippen LogP contribution < -0.4 is 0 Å². The first kappa shape index (κ1) is 26.4. The molecule has 3 saturated carbocycles. The number of alkyl halides is 2. The molecule has 3 aliphatic rings. The number of ether oxygens (including phenoxy) is 1. The van der Waals surface area contributed by atoms with E-state index in [0.717, 1.165) is 30.6 Å². The van der Waals surface area contributed by atoms with Crippen LogP contribution in [0.2, 0.25) is 0 Å². The Morgan fingerprint density at radius 1 is 0.594 bits per heavy atom. The van der Waals surface area contributed by atoms with Gasteiger partial charge in [-0.3, -0.25) is 0 Å². The summed E-state index contributed by atoms with van der Waals surface area (Å²) in [6.45, 7) is 4.98. The summed E-state index contributed by atoms with van der Waals surface area (Å²) in [6.07, 6.45) is 18.8. The molecule has 32 heavy (non-hydrogen) atoms. The highest BCUT2D eigenvalue weighted by atomic mass is 19.1. The molecule has 188 valence electrons. The predicted octanol–water partition coefficient (Wildman–Crippen LogP) is 9.23. The van der Waals surface area contributed by atoms with Crippen molar-refractivity contribution >= 4 is 0 Å². The normalized spacial score (nSPS) is 38.6. The molecule has 0 N–H and O–H groups in total. The smallest absolute Gasteiger partial charge is 0.129 e. The van der Waals surface area contributed by atoms with E-state index in [0.29, 0.717) is 25.4 Å². The van der Waals surface area contributed by atoms with Crippen molar-refractivity contribution in [2.75, 3.05) is 6.61 Å². The first-order valence-corrected chi connectivity index (χ1v) is 14.5. The van der Waals surface area contributed by atoms with Gasteiger partial charge in [0, 0.05) is 6.61 Å². The third-order valence-corrected chi connectivity index (χ3v) is 9.33. The highest BCUT2D eigenvalue weighted by Gasteiger charge is 2.43. The molecule has 3 rings (SSSR count). The Morgan fingerprint density at radius 3 is 1.66 bits per heavy atom. The number of rotatable bonds is 12. The summed E-state index contributed by atoms with van der Waals surface area (Å²) in [6, 6.07) is 0. The van der Waals surface area contributed by atoms with Crippen LogP contribution in [0.15, 0.2) is 0 Å². The number of halogens is 2. The highest BCUT2D eigenvalue weighted by Crippen LogP contribution is 2.46. The number of unbranched alkanes of at least 4 members (excludes halogenated alkanes) is 5. The molecule has 0 saturated heterocycles. The van der Waals surface area contributed by atoms with Crippen LogP contribution in [-0.4, -0.2) is 25.1 Å². The largest absolute Gasteiger partial charge is 0.372 e. The molecule has 0 aromatic carbocycles. The van der Waals surface area contributed by atoms with Crippen molar-refractivity contribution in [3.63, 3.8) is 0 Å². The second kappa shape index (κ2) is 14.3. The summed E-state index contributed by atoms with van der Waals surface area (Å²) in [4.78, 5) is 0. The van der Waals surface area contributed by atoms with E-state index >= 15 is 0 Å². The van der Waals surface area contributed by atoms with Crippen molar-refractivity contribution in [2.24, 2.45) is 29.6 Å². The molecular formula is C29H52F2O. The highest BCUT2D eigenvalue weighted by molar-refractivity contribution is 4.92. The fourth-order valence-electron chi connectivity index (χ4n) is 7.23. The Labute approximate surface area is 197 Å². The van der Waals surface area contributed by atoms with Gasteiger partial charge in [0.05, 0.1) is 0 Å². The second-order valence-corrected chi connectivity index (χ2v) is 11.6. The van der Waals surface area contributed by atoms with E-state index in [1.807, 2.05) is 0 Å². The summed E-state index contributed by atoms with van der Waals surface area (Å²) in [5.41, 5.74) is 0. The first-order chi connectivity index (χ1) is 15.6. The Bertz CT molecular complexity index is 470. The molecule has 0 aliphatic heterocycles. The molecule has 1 nitrogen and oxygen atoms in total.